The second-order valence-corrected chi connectivity index (χ2v) is 8.64. The summed E-state index contributed by atoms with van der Waals surface area (Å²) in [7, 11) is 0. The first kappa shape index (κ1) is 15.6. The molecular weight excluding hydrogens is 302 g/mol. The van der Waals surface area contributed by atoms with Gasteiger partial charge in [-0.1, -0.05) is 20.8 Å². The van der Waals surface area contributed by atoms with E-state index < -0.39 is 0 Å². The monoisotopic (exact) mass is 327 g/mol. The molecule has 2 atom stereocenters. The highest BCUT2D eigenvalue weighted by molar-refractivity contribution is 5.50. The first-order valence-electron chi connectivity index (χ1n) is 8.70. The Morgan fingerprint density at radius 2 is 2.08 bits per heavy atom. The topological polar surface area (TPSA) is 51.3 Å². The summed E-state index contributed by atoms with van der Waals surface area (Å²) in [5.41, 5.74) is 1.37. The molecule has 1 aliphatic heterocycles. The molecule has 2 bridgehead atoms. The summed E-state index contributed by atoms with van der Waals surface area (Å²) < 4.78 is 6.98. The van der Waals surface area contributed by atoms with Gasteiger partial charge < -0.3 is 4.42 Å². The Morgan fingerprint density at radius 3 is 2.83 bits per heavy atom. The van der Waals surface area contributed by atoms with E-state index in [2.05, 4.69) is 30.8 Å². The molecule has 0 spiro atoms. The maximum absolute atomic E-state index is 12.3. The summed E-state index contributed by atoms with van der Waals surface area (Å²) in [5, 5.41) is 4.52. The number of nitrogens with zero attached hydrogens (tertiary/aromatic N) is 3. The molecule has 5 nitrogen and oxygen atoms in total. The van der Waals surface area contributed by atoms with Gasteiger partial charge in [0.2, 0.25) is 0 Å². The number of likely N-dealkylation sites (tertiary alicyclic amines) is 1. The van der Waals surface area contributed by atoms with E-state index in [0.717, 1.165) is 6.54 Å². The molecule has 128 valence electrons. The smallest absolute Gasteiger partial charge is 0.268 e. The Morgan fingerprint density at radius 1 is 1.25 bits per heavy atom. The van der Waals surface area contributed by atoms with Crippen LogP contribution >= 0.6 is 0 Å². The Kier molecular flexibility index (Phi) is 3.46. The van der Waals surface area contributed by atoms with Gasteiger partial charge in [0.15, 0.2) is 5.76 Å². The van der Waals surface area contributed by atoms with Crippen molar-refractivity contribution in [2.45, 2.75) is 52.7 Å². The molecule has 2 aromatic rings. The first-order valence-corrected chi connectivity index (χ1v) is 8.70. The standard InChI is InChI=1S/C19H25N3O2/c1-18(2)9-14-10-19(3,11-18)12-21(14)13-22-17(23)7-6-15(20-22)16-5-4-8-24-16/h4-8,14H,9-13H2,1-3H3/t14-,19-/m1/s1. The molecule has 5 heteroatoms. The fourth-order valence-corrected chi connectivity index (χ4v) is 5.02. The minimum Gasteiger partial charge on any atom is -0.463 e. The molecule has 2 aromatic heterocycles. The van der Waals surface area contributed by atoms with Crippen LogP contribution in [0.2, 0.25) is 0 Å². The fraction of sp³-hybridized carbons (Fsp3) is 0.579. The highest BCUT2D eigenvalue weighted by atomic mass is 16.3. The van der Waals surface area contributed by atoms with Crippen molar-refractivity contribution in [3.63, 3.8) is 0 Å². The molecule has 0 amide bonds. The predicted octanol–water partition coefficient (Wildman–Crippen LogP) is 3.36. The fourth-order valence-electron chi connectivity index (χ4n) is 5.02. The van der Waals surface area contributed by atoms with Gasteiger partial charge in [-0.25, -0.2) is 4.68 Å². The largest absolute Gasteiger partial charge is 0.463 e. The molecule has 0 aromatic carbocycles. The van der Waals surface area contributed by atoms with Crippen LogP contribution in [0.1, 0.15) is 40.0 Å². The molecule has 1 aliphatic carbocycles. The van der Waals surface area contributed by atoms with Crippen molar-refractivity contribution in [2.75, 3.05) is 6.54 Å². The van der Waals surface area contributed by atoms with Crippen LogP contribution in [0.5, 0.6) is 0 Å². The van der Waals surface area contributed by atoms with Gasteiger partial charge in [-0.2, -0.15) is 5.10 Å². The zero-order chi connectivity index (χ0) is 16.9. The van der Waals surface area contributed by atoms with Crippen molar-refractivity contribution in [3.8, 4) is 11.5 Å². The molecule has 4 rings (SSSR count). The van der Waals surface area contributed by atoms with E-state index in [1.54, 1.807) is 23.1 Å². The van der Waals surface area contributed by atoms with Crippen molar-refractivity contribution >= 4 is 0 Å². The third-order valence-electron chi connectivity index (χ3n) is 5.48. The minimum atomic E-state index is -0.0591. The lowest BCUT2D eigenvalue weighted by molar-refractivity contribution is 0.119. The summed E-state index contributed by atoms with van der Waals surface area (Å²) in [4.78, 5) is 14.7. The van der Waals surface area contributed by atoms with E-state index in [1.165, 1.54) is 19.3 Å². The van der Waals surface area contributed by atoms with Crippen molar-refractivity contribution < 1.29 is 4.42 Å². The number of rotatable bonds is 3. The van der Waals surface area contributed by atoms with Crippen LogP contribution in [-0.2, 0) is 6.67 Å². The molecule has 1 saturated carbocycles. The lowest BCUT2D eigenvalue weighted by Crippen LogP contribution is -2.38. The third-order valence-corrected chi connectivity index (χ3v) is 5.48. The average molecular weight is 327 g/mol. The number of furan rings is 1. The number of fused-ring (bicyclic) bond motifs is 2. The van der Waals surface area contributed by atoms with Crippen molar-refractivity contribution in [1.29, 1.82) is 0 Å². The van der Waals surface area contributed by atoms with Crippen LogP contribution in [0.4, 0.5) is 0 Å². The van der Waals surface area contributed by atoms with Crippen LogP contribution in [0, 0.1) is 10.8 Å². The molecule has 0 N–H and O–H groups in total. The first-order chi connectivity index (χ1) is 11.3. The van der Waals surface area contributed by atoms with E-state index in [-0.39, 0.29) is 5.56 Å². The molecule has 0 unspecified atom stereocenters. The molecule has 2 aliphatic rings. The zero-order valence-corrected chi connectivity index (χ0v) is 14.7. The van der Waals surface area contributed by atoms with E-state index in [1.807, 2.05) is 12.1 Å². The molecule has 2 fully saturated rings. The molecule has 24 heavy (non-hydrogen) atoms. The lowest BCUT2D eigenvalue weighted by atomic mass is 9.65. The summed E-state index contributed by atoms with van der Waals surface area (Å²) in [6.45, 7) is 8.71. The summed E-state index contributed by atoms with van der Waals surface area (Å²) in [6.07, 6.45) is 5.29. The molecule has 3 heterocycles. The minimum absolute atomic E-state index is 0.0591. The van der Waals surface area contributed by atoms with E-state index >= 15 is 0 Å². The van der Waals surface area contributed by atoms with Gasteiger partial charge in [-0.15, -0.1) is 0 Å². The summed E-state index contributed by atoms with van der Waals surface area (Å²) in [5.74, 6) is 0.692. The Labute approximate surface area is 142 Å². The van der Waals surface area contributed by atoms with Crippen molar-refractivity contribution in [2.24, 2.45) is 10.8 Å². The normalized spacial score (nSPS) is 29.0. The van der Waals surface area contributed by atoms with Gasteiger partial charge in [-0.3, -0.25) is 9.69 Å². The van der Waals surface area contributed by atoms with Crippen LogP contribution in [-0.4, -0.2) is 27.3 Å². The van der Waals surface area contributed by atoms with Gasteiger partial charge in [0.1, 0.15) is 5.69 Å². The van der Waals surface area contributed by atoms with Gasteiger partial charge >= 0.3 is 0 Å². The average Bonchev–Trinajstić information content (AvgIpc) is 3.07. The molecular formula is C19H25N3O2. The summed E-state index contributed by atoms with van der Waals surface area (Å²) in [6, 6.07) is 7.55. The molecule has 1 saturated heterocycles. The maximum Gasteiger partial charge on any atom is 0.268 e. The van der Waals surface area contributed by atoms with Gasteiger partial charge in [0, 0.05) is 18.7 Å². The van der Waals surface area contributed by atoms with E-state index in [4.69, 9.17) is 4.42 Å². The SMILES string of the molecule is CC1(C)C[C@@H]2C[C@@](C)(CN2Cn2nc(-c3ccco3)ccc2=O)C1. The van der Waals surface area contributed by atoms with Crippen LogP contribution in [0.25, 0.3) is 11.5 Å². The Bertz CT molecular complexity index is 793. The lowest BCUT2D eigenvalue weighted by Gasteiger charge is -2.39. The highest BCUT2D eigenvalue weighted by Crippen LogP contribution is 2.52. The Balaban J connectivity index is 1.60. The number of hydrogen-bond donors (Lipinski definition) is 0. The zero-order valence-electron chi connectivity index (χ0n) is 14.7. The van der Waals surface area contributed by atoms with Crippen molar-refractivity contribution in [1.82, 2.24) is 14.7 Å². The van der Waals surface area contributed by atoms with E-state index in [9.17, 15) is 4.79 Å². The van der Waals surface area contributed by atoms with Crippen molar-refractivity contribution in [3.05, 3.63) is 40.9 Å². The van der Waals surface area contributed by atoms with Crippen LogP contribution in [0.15, 0.2) is 39.7 Å². The predicted molar refractivity (Wildman–Crippen MR) is 92.4 cm³/mol. The number of hydrogen-bond acceptors (Lipinski definition) is 4. The van der Waals surface area contributed by atoms with Gasteiger partial charge in [-0.05, 0) is 48.3 Å². The van der Waals surface area contributed by atoms with Gasteiger partial charge in [0.05, 0.1) is 12.9 Å². The van der Waals surface area contributed by atoms with Crippen LogP contribution in [0.3, 0.4) is 0 Å². The second-order valence-electron chi connectivity index (χ2n) is 8.64. The quantitative estimate of drug-likeness (QED) is 0.867. The highest BCUT2D eigenvalue weighted by Gasteiger charge is 2.49. The Hall–Kier alpha value is -1.88. The maximum atomic E-state index is 12.3. The van der Waals surface area contributed by atoms with Gasteiger partial charge in [0.25, 0.3) is 5.56 Å². The number of aromatic nitrogens is 2. The molecule has 0 radical (unpaired) electrons. The van der Waals surface area contributed by atoms with Crippen LogP contribution < -0.4 is 5.56 Å². The summed E-state index contributed by atoms with van der Waals surface area (Å²) >= 11 is 0. The second kappa shape index (κ2) is 5.31. The van der Waals surface area contributed by atoms with E-state index in [0.29, 0.717) is 35.0 Å². The third kappa shape index (κ3) is 2.81.